The first-order valence-corrected chi connectivity index (χ1v) is 26.2. The van der Waals surface area contributed by atoms with Crippen molar-refractivity contribution in [1.82, 2.24) is 5.32 Å². The Morgan fingerprint density at radius 3 is 1.35 bits per heavy atom. The number of ether oxygens (including phenoxy) is 1. The highest BCUT2D eigenvalue weighted by Crippen LogP contribution is 2.17. The average Bonchev–Trinajstić information content (AvgIpc) is 3.24. The van der Waals surface area contributed by atoms with Crippen molar-refractivity contribution < 1.29 is 24.5 Å². The third kappa shape index (κ3) is 42.8. The third-order valence-corrected chi connectivity index (χ3v) is 12.0. The summed E-state index contributed by atoms with van der Waals surface area (Å²) in [5.74, 6) is -0.524. The minimum Gasteiger partial charge on any atom is -0.462 e. The van der Waals surface area contributed by atoms with Crippen LogP contribution < -0.4 is 5.32 Å². The maximum absolute atomic E-state index is 13.2. The molecule has 60 heavy (non-hydrogen) atoms. The molecule has 0 fully saturated rings. The molecule has 0 aliphatic carbocycles. The maximum Gasteiger partial charge on any atom is 0.306 e. The van der Waals surface area contributed by atoms with Crippen LogP contribution in [0.1, 0.15) is 271 Å². The molecule has 0 radical (unpaired) electrons. The zero-order valence-electron chi connectivity index (χ0n) is 40.1. The molecular weight excluding hydrogens is 743 g/mol. The number of aliphatic hydroxyl groups is 2. The van der Waals surface area contributed by atoms with Gasteiger partial charge in [-0.2, -0.15) is 0 Å². The van der Waals surface area contributed by atoms with E-state index in [9.17, 15) is 19.8 Å². The lowest BCUT2D eigenvalue weighted by Gasteiger charge is -2.24. The van der Waals surface area contributed by atoms with Crippen molar-refractivity contribution >= 4 is 11.9 Å². The summed E-state index contributed by atoms with van der Waals surface area (Å²) in [6, 6.07) is -0.715. The Hall–Kier alpha value is -1.92. The highest BCUT2D eigenvalue weighted by molar-refractivity contribution is 5.77. The lowest BCUT2D eigenvalue weighted by Crippen LogP contribution is -2.46. The van der Waals surface area contributed by atoms with E-state index in [4.69, 9.17) is 4.74 Å². The zero-order chi connectivity index (χ0) is 43.8. The maximum atomic E-state index is 13.2. The molecule has 0 rings (SSSR count). The predicted octanol–water partition coefficient (Wildman–Crippen LogP) is 15.7. The predicted molar refractivity (Wildman–Crippen MR) is 259 cm³/mol. The number of rotatable bonds is 47. The number of nitrogens with one attached hydrogen (secondary N) is 1. The second kappa shape index (κ2) is 48.1. The van der Waals surface area contributed by atoms with E-state index in [-0.39, 0.29) is 24.9 Å². The van der Waals surface area contributed by atoms with Crippen LogP contribution in [-0.4, -0.2) is 46.9 Å². The molecule has 0 aromatic carbocycles. The van der Waals surface area contributed by atoms with Gasteiger partial charge in [-0.3, -0.25) is 9.59 Å². The zero-order valence-corrected chi connectivity index (χ0v) is 40.1. The monoisotopic (exact) mass is 844 g/mol. The highest BCUT2D eigenvalue weighted by atomic mass is 16.5. The fourth-order valence-corrected chi connectivity index (χ4v) is 7.95. The van der Waals surface area contributed by atoms with Crippen molar-refractivity contribution in [3.63, 3.8) is 0 Å². The van der Waals surface area contributed by atoms with Gasteiger partial charge in [0.2, 0.25) is 5.91 Å². The van der Waals surface area contributed by atoms with Crippen molar-refractivity contribution in [3.05, 3.63) is 36.5 Å². The summed E-state index contributed by atoms with van der Waals surface area (Å²) in [5, 5.41) is 23.8. The van der Waals surface area contributed by atoms with Crippen LogP contribution in [0, 0.1) is 0 Å². The van der Waals surface area contributed by atoms with Crippen LogP contribution in [0.25, 0.3) is 0 Å². The lowest BCUT2D eigenvalue weighted by atomic mass is 10.0. The lowest BCUT2D eigenvalue weighted by molar-refractivity contribution is -0.151. The summed E-state index contributed by atoms with van der Waals surface area (Å²) in [6.45, 7) is 6.45. The van der Waals surface area contributed by atoms with E-state index >= 15 is 0 Å². The van der Waals surface area contributed by atoms with Gasteiger partial charge in [0.25, 0.3) is 0 Å². The van der Waals surface area contributed by atoms with E-state index in [0.717, 1.165) is 64.2 Å². The first-order chi connectivity index (χ1) is 29.5. The van der Waals surface area contributed by atoms with E-state index in [1.165, 1.54) is 161 Å². The number of carbonyl (C=O) groups is 2. The van der Waals surface area contributed by atoms with Gasteiger partial charge in [-0.1, -0.05) is 224 Å². The molecule has 1 amide bonds. The Kier molecular flexibility index (Phi) is 46.6. The molecule has 0 aliphatic rings. The van der Waals surface area contributed by atoms with E-state index in [2.05, 4.69) is 62.5 Å². The molecule has 0 spiro atoms. The largest absolute Gasteiger partial charge is 0.462 e. The fraction of sp³-hybridized carbons (Fsp3) is 0.852. The number of unbranched alkanes of at least 4 members (excludes halogenated alkanes) is 30. The minimum absolute atomic E-state index is 0.0436. The second-order valence-electron chi connectivity index (χ2n) is 17.9. The smallest absolute Gasteiger partial charge is 0.306 e. The molecule has 6 nitrogen and oxygen atoms in total. The van der Waals surface area contributed by atoms with Crippen molar-refractivity contribution in [2.45, 2.75) is 289 Å². The van der Waals surface area contributed by atoms with Gasteiger partial charge in [-0.15, -0.1) is 0 Å². The fourth-order valence-electron chi connectivity index (χ4n) is 7.95. The normalized spacial score (nSPS) is 13.5. The Balaban J connectivity index is 4.61. The number of hydrogen-bond donors (Lipinski definition) is 3. The van der Waals surface area contributed by atoms with Gasteiger partial charge in [-0.25, -0.2) is 0 Å². The van der Waals surface area contributed by atoms with E-state index in [1.807, 2.05) is 0 Å². The highest BCUT2D eigenvalue weighted by Gasteiger charge is 2.24. The number of amides is 1. The molecule has 0 aliphatic heterocycles. The Morgan fingerprint density at radius 2 is 0.867 bits per heavy atom. The van der Waals surface area contributed by atoms with Crippen LogP contribution in [0.2, 0.25) is 0 Å². The summed E-state index contributed by atoms with van der Waals surface area (Å²) in [5.41, 5.74) is 0. The standard InChI is InChI=1S/C54H101NO5/c1-4-7-10-13-16-19-22-25-27-29-31-34-37-40-43-46-52(57)51(49-56)55-53(58)48-50(45-42-39-36-33-30-28-26-23-20-17-14-11-8-5-2)60-54(59)47-44-41-38-35-32-24-21-18-15-12-9-6-3/h18,21,28,30,33,36,50-52,56-57H,4-17,19-20,22-27,29,31-32,34-35,37-49H2,1-3H3,(H,55,58)/b21-18-,30-28+,36-33+. The van der Waals surface area contributed by atoms with Gasteiger partial charge in [0.1, 0.15) is 6.10 Å². The number of aliphatic hydroxyl groups excluding tert-OH is 2. The van der Waals surface area contributed by atoms with E-state index in [0.29, 0.717) is 19.3 Å². The first-order valence-electron chi connectivity index (χ1n) is 26.2. The Bertz CT molecular complexity index is 993. The molecule has 3 N–H and O–H groups in total. The van der Waals surface area contributed by atoms with Crippen molar-refractivity contribution in [3.8, 4) is 0 Å². The quantitative estimate of drug-likeness (QED) is 0.0245. The van der Waals surface area contributed by atoms with Gasteiger partial charge in [0.15, 0.2) is 0 Å². The first kappa shape index (κ1) is 58.1. The molecule has 352 valence electrons. The molecule has 0 heterocycles. The molecule has 6 heteroatoms. The van der Waals surface area contributed by atoms with Gasteiger partial charge in [0.05, 0.1) is 25.2 Å². The second-order valence-corrected chi connectivity index (χ2v) is 17.9. The number of hydrogen-bond acceptors (Lipinski definition) is 5. The van der Waals surface area contributed by atoms with Gasteiger partial charge in [-0.05, 0) is 70.6 Å². The third-order valence-electron chi connectivity index (χ3n) is 12.0. The molecule has 0 aromatic heterocycles. The van der Waals surface area contributed by atoms with Crippen molar-refractivity contribution in [2.24, 2.45) is 0 Å². The SMILES string of the molecule is CCCCC/C=C\CCCCCCCC(=O)OC(CCC/C=C/C=C/CCCCCCCCC)CC(=O)NC(CO)C(O)CCCCCCCCCCCCCCCCC. The Morgan fingerprint density at radius 1 is 0.483 bits per heavy atom. The number of allylic oxidation sites excluding steroid dienone is 6. The van der Waals surface area contributed by atoms with Gasteiger partial charge in [0, 0.05) is 6.42 Å². The minimum atomic E-state index is -0.798. The van der Waals surface area contributed by atoms with E-state index in [1.54, 1.807) is 0 Å². The number of carbonyl (C=O) groups excluding carboxylic acids is 2. The van der Waals surface area contributed by atoms with E-state index < -0.39 is 18.2 Å². The summed E-state index contributed by atoms with van der Waals surface area (Å²) in [6.07, 6.45) is 56.4. The van der Waals surface area contributed by atoms with Crippen LogP contribution >= 0.6 is 0 Å². The molecule has 0 bridgehead atoms. The average molecular weight is 844 g/mol. The van der Waals surface area contributed by atoms with Gasteiger partial charge < -0.3 is 20.3 Å². The topological polar surface area (TPSA) is 95.9 Å². The summed E-state index contributed by atoms with van der Waals surface area (Å²) >= 11 is 0. The molecule has 0 aromatic rings. The van der Waals surface area contributed by atoms with Crippen LogP contribution in [0.15, 0.2) is 36.5 Å². The molecule has 3 unspecified atom stereocenters. The van der Waals surface area contributed by atoms with Crippen LogP contribution in [-0.2, 0) is 14.3 Å². The summed E-state index contributed by atoms with van der Waals surface area (Å²) in [7, 11) is 0. The summed E-state index contributed by atoms with van der Waals surface area (Å²) < 4.78 is 5.90. The van der Waals surface area contributed by atoms with Crippen LogP contribution in [0.3, 0.4) is 0 Å². The number of esters is 1. The van der Waals surface area contributed by atoms with Crippen LogP contribution in [0.4, 0.5) is 0 Å². The summed E-state index contributed by atoms with van der Waals surface area (Å²) in [4.78, 5) is 26.1. The van der Waals surface area contributed by atoms with Gasteiger partial charge >= 0.3 is 5.97 Å². The molecule has 0 saturated carbocycles. The van der Waals surface area contributed by atoms with Crippen LogP contribution in [0.5, 0.6) is 0 Å². The molecular formula is C54H101NO5. The molecule has 0 saturated heterocycles. The molecule has 3 atom stereocenters. The Labute approximate surface area is 373 Å². The van der Waals surface area contributed by atoms with Crippen molar-refractivity contribution in [2.75, 3.05) is 6.61 Å². The van der Waals surface area contributed by atoms with Crippen molar-refractivity contribution in [1.29, 1.82) is 0 Å².